The molecule has 14 heavy (non-hydrogen) atoms. The lowest BCUT2D eigenvalue weighted by Crippen LogP contribution is -2.27. The Labute approximate surface area is 83.4 Å². The van der Waals surface area contributed by atoms with E-state index in [1.807, 2.05) is 0 Å². The molecule has 0 unspecified atom stereocenters. The molecule has 1 aliphatic rings. The third-order valence-corrected chi connectivity index (χ3v) is 2.48. The first-order valence-corrected chi connectivity index (χ1v) is 4.60. The minimum atomic E-state index is 0.131. The van der Waals surface area contributed by atoms with Gasteiger partial charge >= 0.3 is 0 Å². The molecule has 1 saturated heterocycles. The molecule has 2 atom stereocenters. The van der Waals surface area contributed by atoms with E-state index in [-0.39, 0.29) is 12.2 Å². The van der Waals surface area contributed by atoms with E-state index in [1.54, 1.807) is 14.2 Å². The fourth-order valence-corrected chi connectivity index (χ4v) is 1.68. The van der Waals surface area contributed by atoms with Gasteiger partial charge in [-0.15, -0.1) is 0 Å². The zero-order valence-electron chi connectivity index (χ0n) is 8.59. The summed E-state index contributed by atoms with van der Waals surface area (Å²) in [5.41, 5.74) is 8.13. The van der Waals surface area contributed by atoms with Crippen molar-refractivity contribution in [2.75, 3.05) is 40.4 Å². The van der Waals surface area contributed by atoms with Crippen molar-refractivity contribution in [3.63, 3.8) is 0 Å². The fourth-order valence-electron chi connectivity index (χ4n) is 1.68. The minimum absolute atomic E-state index is 0.131. The number of likely N-dealkylation sites (tertiary alicyclic amines) is 1. The van der Waals surface area contributed by atoms with Crippen molar-refractivity contribution in [2.24, 2.45) is 5.11 Å². The van der Waals surface area contributed by atoms with Gasteiger partial charge in [0.05, 0.1) is 12.2 Å². The van der Waals surface area contributed by atoms with Gasteiger partial charge in [-0.25, -0.2) is 0 Å². The van der Waals surface area contributed by atoms with E-state index in [0.717, 1.165) is 19.6 Å². The maximum absolute atomic E-state index is 8.13. The van der Waals surface area contributed by atoms with Crippen molar-refractivity contribution >= 4 is 0 Å². The second kappa shape index (κ2) is 5.82. The molecular weight excluding hydrogens is 184 g/mol. The molecule has 1 heterocycles. The predicted octanol–water partition coefficient (Wildman–Crippen LogP) is 0.642. The topological polar surface area (TPSA) is 70.5 Å². The Morgan fingerprint density at radius 2 is 1.93 bits per heavy atom. The van der Waals surface area contributed by atoms with Crippen molar-refractivity contribution < 1.29 is 9.47 Å². The maximum Gasteiger partial charge on any atom is 0.0971 e. The van der Waals surface area contributed by atoms with Crippen LogP contribution in [-0.2, 0) is 9.47 Å². The van der Waals surface area contributed by atoms with Gasteiger partial charge in [-0.2, -0.15) is 0 Å². The molecule has 1 fully saturated rings. The van der Waals surface area contributed by atoms with Crippen LogP contribution in [0.4, 0.5) is 0 Å². The van der Waals surface area contributed by atoms with Gasteiger partial charge in [0, 0.05) is 45.3 Å². The summed E-state index contributed by atoms with van der Waals surface area (Å²) < 4.78 is 10.6. The van der Waals surface area contributed by atoms with Crippen molar-refractivity contribution in [1.29, 1.82) is 0 Å². The summed E-state index contributed by atoms with van der Waals surface area (Å²) in [5, 5.41) is 3.49. The lowest BCUT2D eigenvalue weighted by molar-refractivity contribution is -0.00461. The van der Waals surface area contributed by atoms with Crippen LogP contribution in [0.25, 0.3) is 10.4 Å². The summed E-state index contributed by atoms with van der Waals surface area (Å²) in [6.45, 7) is 2.96. The number of rotatable bonds is 5. The molecule has 0 saturated carbocycles. The van der Waals surface area contributed by atoms with Gasteiger partial charge in [0.25, 0.3) is 0 Å². The molecule has 6 heteroatoms. The molecule has 0 radical (unpaired) electrons. The van der Waals surface area contributed by atoms with Crippen LogP contribution in [0.5, 0.6) is 0 Å². The van der Waals surface area contributed by atoms with Gasteiger partial charge in [-0.1, -0.05) is 5.11 Å². The highest BCUT2D eigenvalue weighted by Crippen LogP contribution is 2.14. The van der Waals surface area contributed by atoms with Crippen molar-refractivity contribution in [1.82, 2.24) is 4.90 Å². The molecule has 0 spiro atoms. The molecule has 0 amide bonds. The first-order chi connectivity index (χ1) is 6.81. The van der Waals surface area contributed by atoms with Crippen LogP contribution in [0.2, 0.25) is 0 Å². The zero-order valence-corrected chi connectivity index (χ0v) is 8.59. The Bertz CT molecular complexity index is 205. The monoisotopic (exact) mass is 200 g/mol. The predicted molar refractivity (Wildman–Crippen MR) is 52.0 cm³/mol. The van der Waals surface area contributed by atoms with Crippen LogP contribution in [0.1, 0.15) is 0 Å². The molecule has 1 aliphatic heterocycles. The van der Waals surface area contributed by atoms with E-state index >= 15 is 0 Å². The second-order valence-electron chi connectivity index (χ2n) is 3.26. The van der Waals surface area contributed by atoms with Crippen molar-refractivity contribution in [3.05, 3.63) is 10.4 Å². The Morgan fingerprint density at radius 1 is 1.36 bits per heavy atom. The van der Waals surface area contributed by atoms with E-state index in [9.17, 15) is 0 Å². The van der Waals surface area contributed by atoms with Gasteiger partial charge in [-0.05, 0) is 5.53 Å². The third kappa shape index (κ3) is 2.85. The summed E-state index contributed by atoms with van der Waals surface area (Å²) in [5.74, 6) is 0. The summed E-state index contributed by atoms with van der Waals surface area (Å²) >= 11 is 0. The van der Waals surface area contributed by atoms with Gasteiger partial charge in [0.2, 0.25) is 0 Å². The Kier molecular flexibility index (Phi) is 4.69. The van der Waals surface area contributed by atoms with Crippen LogP contribution in [0.15, 0.2) is 5.11 Å². The van der Waals surface area contributed by atoms with Gasteiger partial charge in [0.15, 0.2) is 0 Å². The van der Waals surface area contributed by atoms with E-state index in [2.05, 4.69) is 14.9 Å². The number of hydrogen-bond acceptors (Lipinski definition) is 4. The Hall–Kier alpha value is -0.810. The van der Waals surface area contributed by atoms with Crippen LogP contribution in [0.3, 0.4) is 0 Å². The van der Waals surface area contributed by atoms with Crippen LogP contribution in [-0.4, -0.2) is 57.5 Å². The van der Waals surface area contributed by atoms with Crippen LogP contribution >= 0.6 is 0 Å². The molecule has 0 aromatic rings. The SMILES string of the molecule is CO[C@@H]1CN(CCN=[N+]=[N-])C[C@H]1OC. The van der Waals surface area contributed by atoms with E-state index in [4.69, 9.17) is 15.0 Å². The molecule has 0 aromatic heterocycles. The molecule has 1 rings (SSSR count). The first-order valence-electron chi connectivity index (χ1n) is 4.60. The minimum Gasteiger partial charge on any atom is -0.377 e. The standard InChI is InChI=1S/C8H16N4O2/c1-13-7-5-12(4-3-10-11-9)6-8(7)14-2/h7-8H,3-6H2,1-2H3/t7-,8-/m1/s1. The molecule has 0 aromatic carbocycles. The second-order valence-corrected chi connectivity index (χ2v) is 3.26. The van der Waals surface area contributed by atoms with Crippen molar-refractivity contribution in [2.45, 2.75) is 12.2 Å². The zero-order chi connectivity index (χ0) is 10.4. The van der Waals surface area contributed by atoms with Gasteiger partial charge in [0.1, 0.15) is 0 Å². The smallest absolute Gasteiger partial charge is 0.0971 e. The molecule has 0 aliphatic carbocycles. The number of hydrogen-bond donors (Lipinski definition) is 0. The summed E-state index contributed by atoms with van der Waals surface area (Å²) in [7, 11) is 3.38. The number of nitrogens with zero attached hydrogens (tertiary/aromatic N) is 4. The Balaban J connectivity index is 2.33. The first kappa shape index (κ1) is 11.3. The van der Waals surface area contributed by atoms with E-state index in [0.29, 0.717) is 6.54 Å². The highest BCUT2D eigenvalue weighted by Gasteiger charge is 2.32. The maximum atomic E-state index is 8.13. The average molecular weight is 200 g/mol. The lowest BCUT2D eigenvalue weighted by atomic mass is 10.3. The van der Waals surface area contributed by atoms with Gasteiger partial charge < -0.3 is 9.47 Å². The van der Waals surface area contributed by atoms with Crippen LogP contribution in [0, 0.1) is 0 Å². The molecule has 80 valence electrons. The fraction of sp³-hybridized carbons (Fsp3) is 1.00. The third-order valence-electron chi connectivity index (χ3n) is 2.48. The van der Waals surface area contributed by atoms with Crippen LogP contribution < -0.4 is 0 Å². The lowest BCUT2D eigenvalue weighted by Gasteiger charge is -2.13. The van der Waals surface area contributed by atoms with E-state index in [1.165, 1.54) is 0 Å². The van der Waals surface area contributed by atoms with E-state index < -0.39 is 0 Å². The highest BCUT2D eigenvalue weighted by molar-refractivity contribution is 4.85. The molecule has 0 N–H and O–H groups in total. The highest BCUT2D eigenvalue weighted by atomic mass is 16.5. The number of azide groups is 1. The van der Waals surface area contributed by atoms with Crippen molar-refractivity contribution in [3.8, 4) is 0 Å². The summed E-state index contributed by atoms with van der Waals surface area (Å²) in [6.07, 6.45) is 0.261. The largest absolute Gasteiger partial charge is 0.377 e. The Morgan fingerprint density at radius 3 is 2.36 bits per heavy atom. The normalized spacial score (nSPS) is 27.6. The number of ether oxygens (including phenoxy) is 2. The summed E-state index contributed by atoms with van der Waals surface area (Å²) in [4.78, 5) is 4.89. The van der Waals surface area contributed by atoms with Gasteiger partial charge in [-0.3, -0.25) is 4.90 Å². The average Bonchev–Trinajstić information content (AvgIpc) is 2.61. The molecule has 0 bridgehead atoms. The number of methoxy groups -OCH3 is 2. The quantitative estimate of drug-likeness (QED) is 0.371. The molecular formula is C8H16N4O2. The molecule has 6 nitrogen and oxygen atoms in total. The summed E-state index contributed by atoms with van der Waals surface area (Å²) in [6, 6.07) is 0.